The first-order valence-corrected chi connectivity index (χ1v) is 12.4. The maximum Gasteiger partial charge on any atom is 0.407 e. The molecule has 0 saturated carbocycles. The summed E-state index contributed by atoms with van der Waals surface area (Å²) in [4.78, 5) is 19.0. The zero-order chi connectivity index (χ0) is 27.5. The number of benzene rings is 2. The smallest absolute Gasteiger partial charge is 0.407 e. The molecule has 37 heavy (non-hydrogen) atoms. The summed E-state index contributed by atoms with van der Waals surface area (Å²) in [5.41, 5.74) is -0.494. The number of carbonyl (C=O) groups excluding carboxylic acids is 1. The molecule has 1 saturated heterocycles. The minimum absolute atomic E-state index is 0.00998. The van der Waals surface area contributed by atoms with E-state index >= 15 is 0 Å². The van der Waals surface area contributed by atoms with Crippen molar-refractivity contribution in [2.24, 2.45) is 0 Å². The van der Waals surface area contributed by atoms with Gasteiger partial charge in [-0.3, -0.25) is 9.69 Å². The molecule has 2 aromatic carbocycles. The average molecular weight is 533 g/mol. The standard InChI is InChI=1S/C27H31F3N4O2S/c1-17(2)32-16-19-8-11-23(18(3)14-19)36-13-7-12-33-25(37)34(24(35)26(33,4)5)20-9-10-22(31-6)21(15-20)27(28,29)30/h8-11,14-15,17,32H,7,12-13,16H2,1-5H3. The van der Waals surface area contributed by atoms with Crippen LogP contribution in [0.4, 0.5) is 24.5 Å². The molecular weight excluding hydrogens is 501 g/mol. The Hall–Kier alpha value is -3.16. The number of alkyl halides is 3. The zero-order valence-electron chi connectivity index (χ0n) is 21.6. The molecule has 0 atom stereocenters. The van der Waals surface area contributed by atoms with E-state index in [1.807, 2.05) is 19.1 Å². The molecule has 1 fully saturated rings. The molecule has 10 heteroatoms. The van der Waals surface area contributed by atoms with Crippen LogP contribution < -0.4 is 15.0 Å². The topological polar surface area (TPSA) is 49.2 Å². The van der Waals surface area contributed by atoms with E-state index in [1.165, 1.54) is 11.6 Å². The minimum atomic E-state index is -4.73. The Labute approximate surface area is 221 Å². The lowest BCUT2D eigenvalue weighted by molar-refractivity contribution is -0.136. The van der Waals surface area contributed by atoms with E-state index in [-0.39, 0.29) is 10.8 Å². The van der Waals surface area contributed by atoms with Crippen molar-refractivity contribution in [3.05, 3.63) is 64.5 Å². The molecule has 1 aliphatic heterocycles. The van der Waals surface area contributed by atoms with Crippen LogP contribution >= 0.6 is 12.2 Å². The van der Waals surface area contributed by atoms with Gasteiger partial charge in [0.1, 0.15) is 11.3 Å². The van der Waals surface area contributed by atoms with Gasteiger partial charge in [-0.15, -0.1) is 0 Å². The molecule has 0 aromatic heterocycles. The first kappa shape index (κ1) is 28.4. The minimum Gasteiger partial charge on any atom is -0.493 e. The van der Waals surface area contributed by atoms with Crippen LogP contribution in [0.3, 0.4) is 0 Å². The van der Waals surface area contributed by atoms with Gasteiger partial charge in [0, 0.05) is 24.8 Å². The summed E-state index contributed by atoms with van der Waals surface area (Å²) in [6.45, 7) is 18.1. The highest BCUT2D eigenvalue weighted by Crippen LogP contribution is 2.40. The third kappa shape index (κ3) is 6.22. The van der Waals surface area contributed by atoms with Gasteiger partial charge in [0.15, 0.2) is 10.8 Å². The van der Waals surface area contributed by atoms with Crippen molar-refractivity contribution in [1.29, 1.82) is 0 Å². The highest BCUT2D eigenvalue weighted by atomic mass is 32.1. The highest BCUT2D eigenvalue weighted by Gasteiger charge is 2.49. The second-order valence-corrected chi connectivity index (χ2v) is 10.1. The van der Waals surface area contributed by atoms with Gasteiger partial charge in [0.05, 0.1) is 18.7 Å². The van der Waals surface area contributed by atoms with E-state index in [0.717, 1.165) is 34.9 Å². The molecule has 1 amide bonds. The maximum atomic E-state index is 13.5. The van der Waals surface area contributed by atoms with Gasteiger partial charge in [0.25, 0.3) is 5.91 Å². The second kappa shape index (κ2) is 11.1. The summed E-state index contributed by atoms with van der Waals surface area (Å²) in [5.74, 6) is 0.345. The van der Waals surface area contributed by atoms with Crippen LogP contribution in [0.5, 0.6) is 5.75 Å². The number of hydrogen-bond donors (Lipinski definition) is 1. The number of anilines is 1. The number of thiocarbonyl (C=S) groups is 1. The molecule has 0 bridgehead atoms. The Morgan fingerprint density at radius 2 is 1.89 bits per heavy atom. The van der Waals surface area contributed by atoms with Crippen molar-refractivity contribution in [3.8, 4) is 5.75 Å². The number of hydrogen-bond acceptors (Lipinski definition) is 4. The summed E-state index contributed by atoms with van der Waals surface area (Å²) < 4.78 is 46.4. The first-order valence-electron chi connectivity index (χ1n) is 12.0. The Kier molecular flexibility index (Phi) is 8.50. The van der Waals surface area contributed by atoms with Crippen LogP contribution in [-0.2, 0) is 17.5 Å². The fourth-order valence-electron chi connectivity index (χ4n) is 4.14. The molecule has 6 nitrogen and oxygen atoms in total. The van der Waals surface area contributed by atoms with E-state index in [9.17, 15) is 18.0 Å². The largest absolute Gasteiger partial charge is 0.493 e. The van der Waals surface area contributed by atoms with Crippen molar-refractivity contribution in [1.82, 2.24) is 10.2 Å². The molecule has 1 aliphatic rings. The van der Waals surface area contributed by atoms with E-state index in [4.69, 9.17) is 23.5 Å². The first-order chi connectivity index (χ1) is 17.3. The van der Waals surface area contributed by atoms with Crippen LogP contribution in [0.25, 0.3) is 4.85 Å². The van der Waals surface area contributed by atoms with Gasteiger partial charge in [-0.1, -0.05) is 32.0 Å². The molecule has 198 valence electrons. The maximum absolute atomic E-state index is 13.5. The van der Waals surface area contributed by atoms with Gasteiger partial charge in [-0.2, -0.15) is 13.2 Å². The Morgan fingerprint density at radius 3 is 2.49 bits per heavy atom. The van der Waals surface area contributed by atoms with Crippen LogP contribution in [0.2, 0.25) is 0 Å². The number of nitrogens with one attached hydrogen (secondary N) is 1. The average Bonchev–Trinajstić information content (AvgIpc) is 2.99. The number of aryl methyl sites for hydroxylation is 1. The summed E-state index contributed by atoms with van der Waals surface area (Å²) in [6.07, 6.45) is -4.18. The SMILES string of the molecule is [C-]#[N+]c1ccc(N2C(=O)C(C)(C)N(CCCOc3ccc(CNC(C)C)cc3C)C2=S)cc1C(F)(F)F. The van der Waals surface area contributed by atoms with Crippen LogP contribution in [0.15, 0.2) is 36.4 Å². The summed E-state index contributed by atoms with van der Waals surface area (Å²) in [5, 5.41) is 3.50. The number of nitrogens with zero attached hydrogens (tertiary/aromatic N) is 3. The molecule has 1 heterocycles. The van der Waals surface area contributed by atoms with E-state index in [1.54, 1.807) is 18.7 Å². The number of rotatable bonds is 9. The van der Waals surface area contributed by atoms with Crippen LogP contribution in [0.1, 0.15) is 50.8 Å². The predicted molar refractivity (Wildman–Crippen MR) is 142 cm³/mol. The Bertz CT molecular complexity index is 1220. The predicted octanol–water partition coefficient (Wildman–Crippen LogP) is 6.24. The quantitative estimate of drug-likeness (QED) is 0.235. The van der Waals surface area contributed by atoms with Gasteiger partial charge in [-0.25, -0.2) is 4.85 Å². The zero-order valence-corrected chi connectivity index (χ0v) is 22.4. The van der Waals surface area contributed by atoms with E-state index in [2.05, 4.69) is 30.1 Å². The van der Waals surface area contributed by atoms with Crippen LogP contribution in [0, 0.1) is 13.5 Å². The van der Waals surface area contributed by atoms with Crippen molar-refractivity contribution in [3.63, 3.8) is 0 Å². The number of carbonyl (C=O) groups is 1. The molecule has 0 spiro atoms. The van der Waals surface area contributed by atoms with Gasteiger partial charge >= 0.3 is 6.18 Å². The van der Waals surface area contributed by atoms with Crippen molar-refractivity contribution in [2.75, 3.05) is 18.1 Å². The molecular formula is C27H31F3N4O2S. The van der Waals surface area contributed by atoms with Crippen LogP contribution in [-0.4, -0.2) is 40.7 Å². The number of halogens is 3. The lowest BCUT2D eigenvalue weighted by Crippen LogP contribution is -2.44. The Morgan fingerprint density at radius 1 is 1.19 bits per heavy atom. The van der Waals surface area contributed by atoms with Gasteiger partial charge in [0.2, 0.25) is 0 Å². The lowest BCUT2D eigenvalue weighted by atomic mass is 10.0. The molecule has 1 N–H and O–H groups in total. The molecule has 0 radical (unpaired) electrons. The van der Waals surface area contributed by atoms with Gasteiger partial charge in [-0.05, 0) is 68.7 Å². The number of amides is 1. The van der Waals surface area contributed by atoms with E-state index < -0.39 is 28.9 Å². The Balaban J connectivity index is 1.68. The van der Waals surface area contributed by atoms with E-state index in [0.29, 0.717) is 25.6 Å². The number of ether oxygens (including phenoxy) is 1. The fraction of sp³-hybridized carbons (Fsp3) is 0.444. The normalized spacial score (nSPS) is 15.5. The summed E-state index contributed by atoms with van der Waals surface area (Å²) >= 11 is 5.53. The van der Waals surface area contributed by atoms with Crippen molar-refractivity contribution in [2.45, 2.75) is 65.3 Å². The third-order valence-electron chi connectivity index (χ3n) is 6.23. The van der Waals surface area contributed by atoms with Gasteiger partial charge < -0.3 is 15.0 Å². The molecule has 0 aliphatic carbocycles. The van der Waals surface area contributed by atoms with Crippen molar-refractivity contribution < 1.29 is 22.7 Å². The summed E-state index contributed by atoms with van der Waals surface area (Å²) in [7, 11) is 0. The third-order valence-corrected chi connectivity index (χ3v) is 6.63. The fourth-order valence-corrected chi connectivity index (χ4v) is 4.64. The lowest BCUT2D eigenvalue weighted by Gasteiger charge is -2.29. The molecule has 3 rings (SSSR count). The second-order valence-electron chi connectivity index (χ2n) is 9.78. The highest BCUT2D eigenvalue weighted by molar-refractivity contribution is 7.80. The monoisotopic (exact) mass is 532 g/mol. The summed E-state index contributed by atoms with van der Waals surface area (Å²) in [6, 6.07) is 9.62. The molecule has 0 unspecified atom stereocenters. The van der Waals surface area contributed by atoms with Crippen molar-refractivity contribution >= 4 is 34.6 Å². The molecule has 2 aromatic rings.